The Balaban J connectivity index is 1.78. The molecule has 0 bridgehead atoms. The van der Waals surface area contributed by atoms with E-state index >= 15 is 0 Å². The first kappa shape index (κ1) is 19.9. The molecule has 1 aliphatic heterocycles. The first-order chi connectivity index (χ1) is 12.8. The van der Waals surface area contributed by atoms with Crippen LogP contribution >= 0.6 is 23.1 Å². The average molecular weight is 429 g/mol. The summed E-state index contributed by atoms with van der Waals surface area (Å²) >= 11 is 2.86. The van der Waals surface area contributed by atoms with Gasteiger partial charge < -0.3 is 4.74 Å². The molecule has 27 heavy (non-hydrogen) atoms. The van der Waals surface area contributed by atoms with E-state index in [9.17, 15) is 13.2 Å². The zero-order valence-corrected chi connectivity index (χ0v) is 17.6. The number of sulfonamides is 1. The maximum atomic E-state index is 12.6. The van der Waals surface area contributed by atoms with E-state index in [1.165, 1.54) is 15.6 Å². The molecule has 0 fully saturated rings. The van der Waals surface area contributed by atoms with Gasteiger partial charge >= 0.3 is 0 Å². The molecule has 146 valence electrons. The van der Waals surface area contributed by atoms with Crippen molar-refractivity contribution < 1.29 is 17.9 Å². The molecule has 1 amide bonds. The molecule has 0 unspecified atom stereocenters. The number of fused-ring (bicyclic) bond motifs is 1. The number of anilines is 2. The highest BCUT2D eigenvalue weighted by Gasteiger charge is 2.35. The third-order valence-electron chi connectivity index (χ3n) is 3.74. The van der Waals surface area contributed by atoms with Gasteiger partial charge in [0.25, 0.3) is 5.91 Å². The number of hydrogen-bond donors (Lipinski definition) is 1. The molecule has 0 aliphatic carbocycles. The van der Waals surface area contributed by atoms with E-state index in [2.05, 4.69) is 22.4 Å². The highest BCUT2D eigenvalue weighted by atomic mass is 32.2. The normalized spacial score (nSPS) is 16.6. The van der Waals surface area contributed by atoms with Crippen LogP contribution in [-0.2, 0) is 14.8 Å². The molecule has 8 nitrogen and oxygen atoms in total. The van der Waals surface area contributed by atoms with Crippen LogP contribution in [-0.4, -0.2) is 49.2 Å². The van der Waals surface area contributed by atoms with Gasteiger partial charge in [-0.1, -0.05) is 36.1 Å². The van der Waals surface area contributed by atoms with Crippen LogP contribution < -0.4 is 14.4 Å². The standard InChI is InChI=1S/C16H20N4O4S3/c1-4-7-25-16-19-18-15(26-16)17-14(21)13-9-20(27(3,22)23)11-6-5-10(2)8-12(11)24-13/h5-6,8,13H,4,7,9H2,1-3H3,(H,17,18,21)/t13-/m0/s1. The van der Waals surface area contributed by atoms with Gasteiger partial charge in [0, 0.05) is 5.75 Å². The Labute approximate surface area is 166 Å². The lowest BCUT2D eigenvalue weighted by Gasteiger charge is -2.33. The molecule has 1 atom stereocenters. The van der Waals surface area contributed by atoms with Gasteiger partial charge in [-0.2, -0.15) is 0 Å². The number of amides is 1. The highest BCUT2D eigenvalue weighted by molar-refractivity contribution is 8.01. The number of benzene rings is 1. The Kier molecular flexibility index (Phi) is 5.92. The van der Waals surface area contributed by atoms with E-state index in [-0.39, 0.29) is 6.54 Å². The quantitative estimate of drug-likeness (QED) is 0.557. The first-order valence-electron chi connectivity index (χ1n) is 8.30. The summed E-state index contributed by atoms with van der Waals surface area (Å²) in [6.45, 7) is 3.84. The third kappa shape index (κ3) is 4.71. The summed E-state index contributed by atoms with van der Waals surface area (Å²) in [5.41, 5.74) is 1.34. The Morgan fingerprint density at radius 1 is 1.44 bits per heavy atom. The predicted molar refractivity (Wildman–Crippen MR) is 107 cm³/mol. The molecule has 2 aromatic rings. The first-order valence-corrected chi connectivity index (χ1v) is 11.9. The maximum Gasteiger partial charge on any atom is 0.269 e. The number of carbonyl (C=O) groups is 1. The number of aryl methyl sites for hydroxylation is 1. The van der Waals surface area contributed by atoms with Crippen LogP contribution in [0.1, 0.15) is 18.9 Å². The number of nitrogens with one attached hydrogen (secondary N) is 1. The minimum atomic E-state index is -3.55. The summed E-state index contributed by atoms with van der Waals surface area (Å²) in [5, 5.41) is 11.0. The van der Waals surface area contributed by atoms with E-state index in [0.29, 0.717) is 16.6 Å². The molecule has 1 aliphatic rings. The van der Waals surface area contributed by atoms with Crippen molar-refractivity contribution in [1.82, 2.24) is 10.2 Å². The van der Waals surface area contributed by atoms with Gasteiger partial charge in [-0.3, -0.25) is 14.4 Å². The van der Waals surface area contributed by atoms with Crippen molar-refractivity contribution in [2.45, 2.75) is 30.7 Å². The zero-order valence-electron chi connectivity index (χ0n) is 15.1. The molecule has 0 radical (unpaired) electrons. The van der Waals surface area contributed by atoms with E-state index in [4.69, 9.17) is 4.74 Å². The van der Waals surface area contributed by atoms with Crippen molar-refractivity contribution >= 4 is 49.8 Å². The molecular weight excluding hydrogens is 408 g/mol. The third-order valence-corrected chi connectivity index (χ3v) is 7.07. The molecule has 3 rings (SSSR count). The zero-order chi connectivity index (χ0) is 19.6. The molecule has 0 saturated carbocycles. The van der Waals surface area contributed by atoms with Gasteiger partial charge in [-0.15, -0.1) is 10.2 Å². The highest BCUT2D eigenvalue weighted by Crippen LogP contribution is 2.36. The lowest BCUT2D eigenvalue weighted by atomic mass is 10.1. The lowest BCUT2D eigenvalue weighted by Crippen LogP contribution is -2.48. The van der Waals surface area contributed by atoms with Gasteiger partial charge in [0.15, 0.2) is 10.4 Å². The Hall–Kier alpha value is -1.85. The van der Waals surface area contributed by atoms with Gasteiger partial charge in [0.1, 0.15) is 5.75 Å². The van der Waals surface area contributed by atoms with E-state index in [1.54, 1.807) is 30.0 Å². The SMILES string of the molecule is CCCSc1nnc(NC(=O)[C@@H]2CN(S(C)(=O)=O)c3ccc(C)cc3O2)s1. The molecule has 1 aromatic heterocycles. The van der Waals surface area contributed by atoms with Crippen LogP contribution in [0.15, 0.2) is 22.5 Å². The molecule has 1 aromatic carbocycles. The van der Waals surface area contributed by atoms with Crippen LogP contribution in [0.5, 0.6) is 5.75 Å². The summed E-state index contributed by atoms with van der Waals surface area (Å²) in [5.74, 6) is 0.829. The number of carbonyl (C=O) groups excluding carboxylic acids is 1. The van der Waals surface area contributed by atoms with Gasteiger partial charge in [-0.25, -0.2) is 8.42 Å². The number of ether oxygens (including phenoxy) is 1. The second-order valence-corrected chi connectivity index (χ2v) is 10.3. The topological polar surface area (TPSA) is 101 Å². The smallest absolute Gasteiger partial charge is 0.269 e. The summed E-state index contributed by atoms with van der Waals surface area (Å²) < 4.78 is 32.1. The number of thioether (sulfide) groups is 1. The number of aromatic nitrogens is 2. The summed E-state index contributed by atoms with van der Waals surface area (Å²) in [4.78, 5) is 12.6. The van der Waals surface area contributed by atoms with E-state index in [1.807, 2.05) is 6.92 Å². The van der Waals surface area contributed by atoms with Gasteiger partial charge in [0.2, 0.25) is 15.2 Å². The van der Waals surface area contributed by atoms with Crippen LogP contribution in [0.4, 0.5) is 10.8 Å². The van der Waals surface area contributed by atoms with Crippen LogP contribution in [0.2, 0.25) is 0 Å². The molecule has 11 heteroatoms. The predicted octanol–water partition coefficient (Wildman–Crippen LogP) is 2.51. The van der Waals surface area contributed by atoms with Crippen LogP contribution in [0.3, 0.4) is 0 Å². The van der Waals surface area contributed by atoms with E-state index in [0.717, 1.165) is 28.3 Å². The Morgan fingerprint density at radius 2 is 2.22 bits per heavy atom. The van der Waals surface area contributed by atoms with Crippen molar-refractivity contribution in [3.8, 4) is 5.75 Å². The van der Waals surface area contributed by atoms with E-state index < -0.39 is 22.0 Å². The summed E-state index contributed by atoms with van der Waals surface area (Å²) in [7, 11) is -3.55. The van der Waals surface area contributed by atoms with Crippen LogP contribution in [0.25, 0.3) is 0 Å². The van der Waals surface area contributed by atoms with Crippen molar-refractivity contribution in [3.63, 3.8) is 0 Å². The number of hydrogen-bond acceptors (Lipinski definition) is 8. The fourth-order valence-corrected chi connectivity index (χ4v) is 5.10. The second kappa shape index (κ2) is 8.03. The second-order valence-electron chi connectivity index (χ2n) is 6.08. The average Bonchev–Trinajstić information content (AvgIpc) is 3.05. The van der Waals surface area contributed by atoms with Gasteiger partial charge in [-0.05, 0) is 31.0 Å². The number of nitrogens with zero attached hydrogens (tertiary/aromatic N) is 3. The lowest BCUT2D eigenvalue weighted by molar-refractivity contribution is -0.122. The minimum Gasteiger partial charge on any atom is -0.476 e. The molecule has 2 heterocycles. The van der Waals surface area contributed by atoms with Crippen molar-refractivity contribution in [2.24, 2.45) is 0 Å². The fraction of sp³-hybridized carbons (Fsp3) is 0.438. The molecule has 0 saturated heterocycles. The van der Waals surface area contributed by atoms with Crippen LogP contribution in [0, 0.1) is 6.92 Å². The summed E-state index contributed by atoms with van der Waals surface area (Å²) in [6, 6.07) is 5.21. The van der Waals surface area contributed by atoms with Crippen molar-refractivity contribution in [1.29, 1.82) is 0 Å². The monoisotopic (exact) mass is 428 g/mol. The minimum absolute atomic E-state index is 0.100. The Morgan fingerprint density at radius 3 is 2.93 bits per heavy atom. The van der Waals surface area contributed by atoms with Crippen molar-refractivity contribution in [2.75, 3.05) is 28.2 Å². The van der Waals surface area contributed by atoms with Crippen molar-refractivity contribution in [3.05, 3.63) is 23.8 Å². The molecule has 0 spiro atoms. The number of rotatable bonds is 6. The molecular formula is C16H20N4O4S3. The summed E-state index contributed by atoms with van der Waals surface area (Å²) in [6.07, 6.45) is 1.14. The molecule has 1 N–H and O–H groups in total. The largest absolute Gasteiger partial charge is 0.476 e. The Bertz CT molecular complexity index is 945. The maximum absolute atomic E-state index is 12.6. The van der Waals surface area contributed by atoms with Gasteiger partial charge in [0.05, 0.1) is 18.5 Å². The fourth-order valence-electron chi connectivity index (χ4n) is 2.51.